The van der Waals surface area contributed by atoms with Gasteiger partial charge in [-0.2, -0.15) is 18.3 Å². The molecule has 2 aromatic carbocycles. The first-order valence-corrected chi connectivity index (χ1v) is 9.45. The SMILES string of the molecule is CC(C)CN=C(NC(=O)c1cccc(Cl)c1)Nc1n[nH]c2cc(C(F)(F)F)ccc12. The maximum Gasteiger partial charge on any atom is 0.416 e. The molecule has 10 heteroatoms. The van der Waals surface area contributed by atoms with Crippen LogP contribution in [0.5, 0.6) is 0 Å². The summed E-state index contributed by atoms with van der Waals surface area (Å²) < 4.78 is 38.7. The number of aromatic amines is 1. The molecule has 3 N–H and O–H groups in total. The molecule has 0 atom stereocenters. The Morgan fingerprint density at radius 3 is 2.67 bits per heavy atom. The molecule has 0 saturated heterocycles. The van der Waals surface area contributed by atoms with Crippen LogP contribution in [0.3, 0.4) is 0 Å². The molecule has 6 nitrogen and oxygen atoms in total. The van der Waals surface area contributed by atoms with Crippen LogP contribution < -0.4 is 10.6 Å². The number of guanidine groups is 1. The van der Waals surface area contributed by atoms with Gasteiger partial charge in [0.2, 0.25) is 5.96 Å². The molecule has 0 fully saturated rings. The minimum Gasteiger partial charge on any atom is -0.309 e. The average Bonchev–Trinajstić information content (AvgIpc) is 3.07. The summed E-state index contributed by atoms with van der Waals surface area (Å²) in [6, 6.07) is 9.66. The van der Waals surface area contributed by atoms with Crippen molar-refractivity contribution in [1.29, 1.82) is 0 Å². The van der Waals surface area contributed by atoms with Gasteiger partial charge in [0.1, 0.15) is 0 Å². The van der Waals surface area contributed by atoms with Crippen LogP contribution in [0.1, 0.15) is 29.8 Å². The number of carbonyl (C=O) groups excluding carboxylic acids is 1. The zero-order valence-corrected chi connectivity index (χ0v) is 16.9. The van der Waals surface area contributed by atoms with E-state index in [1.165, 1.54) is 12.1 Å². The highest BCUT2D eigenvalue weighted by atomic mass is 35.5. The lowest BCUT2D eigenvalue weighted by atomic mass is 10.1. The molecular weight excluding hydrogens is 419 g/mol. The minimum absolute atomic E-state index is 0.127. The monoisotopic (exact) mass is 437 g/mol. The maximum atomic E-state index is 12.9. The summed E-state index contributed by atoms with van der Waals surface area (Å²) >= 11 is 5.93. The molecule has 30 heavy (non-hydrogen) atoms. The Balaban J connectivity index is 1.86. The van der Waals surface area contributed by atoms with Crippen molar-refractivity contribution in [2.45, 2.75) is 20.0 Å². The van der Waals surface area contributed by atoms with Gasteiger partial charge in [-0.3, -0.25) is 20.2 Å². The first kappa shape index (κ1) is 21.6. The van der Waals surface area contributed by atoms with Crippen molar-refractivity contribution in [3.8, 4) is 0 Å². The van der Waals surface area contributed by atoms with Gasteiger partial charge in [-0.05, 0) is 42.3 Å². The number of benzene rings is 2. The molecule has 1 heterocycles. The molecule has 3 aromatic rings. The van der Waals surface area contributed by atoms with E-state index in [0.717, 1.165) is 12.1 Å². The Kier molecular flexibility index (Phi) is 6.31. The second-order valence-corrected chi connectivity index (χ2v) is 7.44. The van der Waals surface area contributed by atoms with Crippen molar-refractivity contribution >= 4 is 40.2 Å². The largest absolute Gasteiger partial charge is 0.416 e. The highest BCUT2D eigenvalue weighted by Crippen LogP contribution is 2.32. The van der Waals surface area contributed by atoms with Gasteiger partial charge in [0.25, 0.3) is 5.91 Å². The van der Waals surface area contributed by atoms with E-state index in [9.17, 15) is 18.0 Å². The highest BCUT2D eigenvalue weighted by molar-refractivity contribution is 6.31. The van der Waals surface area contributed by atoms with Crippen LogP contribution >= 0.6 is 11.6 Å². The Morgan fingerprint density at radius 2 is 2.00 bits per heavy atom. The number of hydrogen-bond acceptors (Lipinski definition) is 3. The molecule has 0 spiro atoms. The number of amides is 1. The van der Waals surface area contributed by atoms with E-state index in [-0.39, 0.29) is 23.2 Å². The second-order valence-electron chi connectivity index (χ2n) is 7.00. The van der Waals surface area contributed by atoms with Gasteiger partial charge in [0.05, 0.1) is 11.1 Å². The summed E-state index contributed by atoms with van der Waals surface area (Å²) in [4.78, 5) is 16.9. The summed E-state index contributed by atoms with van der Waals surface area (Å²) in [6.07, 6.45) is -4.46. The number of fused-ring (bicyclic) bond motifs is 1. The number of rotatable bonds is 4. The number of H-pyrrole nitrogens is 1. The van der Waals surface area contributed by atoms with Gasteiger partial charge in [0.15, 0.2) is 5.82 Å². The van der Waals surface area contributed by atoms with Crippen LogP contribution in [0, 0.1) is 5.92 Å². The van der Waals surface area contributed by atoms with Crippen molar-refractivity contribution in [2.24, 2.45) is 10.9 Å². The number of aliphatic imine (C=N–C) groups is 1. The molecule has 0 aliphatic heterocycles. The van der Waals surface area contributed by atoms with Crippen LogP contribution in [-0.4, -0.2) is 28.6 Å². The first-order valence-electron chi connectivity index (χ1n) is 9.07. The maximum absolute atomic E-state index is 12.9. The molecule has 158 valence electrons. The Bertz CT molecular complexity index is 1090. The third-order valence-corrected chi connectivity index (χ3v) is 4.30. The molecule has 1 aromatic heterocycles. The smallest absolute Gasteiger partial charge is 0.309 e. The number of nitrogens with zero attached hydrogens (tertiary/aromatic N) is 2. The molecule has 0 aliphatic rings. The Hall–Kier alpha value is -3.07. The van der Waals surface area contributed by atoms with Crippen LogP contribution in [0.25, 0.3) is 10.9 Å². The van der Waals surface area contributed by atoms with Gasteiger partial charge in [-0.25, -0.2) is 0 Å². The number of nitrogens with one attached hydrogen (secondary N) is 3. The average molecular weight is 438 g/mol. The van der Waals surface area contributed by atoms with Crippen molar-refractivity contribution in [1.82, 2.24) is 15.5 Å². The summed E-state index contributed by atoms with van der Waals surface area (Å²) in [6.45, 7) is 4.34. The van der Waals surface area contributed by atoms with E-state index in [2.05, 4.69) is 25.8 Å². The van der Waals surface area contributed by atoms with Crippen molar-refractivity contribution in [3.63, 3.8) is 0 Å². The number of anilines is 1. The fourth-order valence-corrected chi connectivity index (χ4v) is 2.79. The van der Waals surface area contributed by atoms with E-state index >= 15 is 0 Å². The second kappa shape index (κ2) is 8.74. The van der Waals surface area contributed by atoms with Gasteiger partial charge >= 0.3 is 6.18 Å². The van der Waals surface area contributed by atoms with E-state index in [4.69, 9.17) is 11.6 Å². The molecule has 0 unspecified atom stereocenters. The third-order valence-electron chi connectivity index (χ3n) is 4.06. The van der Waals surface area contributed by atoms with E-state index in [1.807, 2.05) is 13.8 Å². The molecule has 0 aliphatic carbocycles. The van der Waals surface area contributed by atoms with Gasteiger partial charge in [0, 0.05) is 22.5 Å². The number of carbonyl (C=O) groups is 1. The van der Waals surface area contributed by atoms with Crippen LogP contribution in [-0.2, 0) is 6.18 Å². The molecule has 0 saturated carbocycles. The highest BCUT2D eigenvalue weighted by Gasteiger charge is 2.30. The van der Waals surface area contributed by atoms with Gasteiger partial charge in [-0.1, -0.05) is 31.5 Å². The fourth-order valence-electron chi connectivity index (χ4n) is 2.60. The zero-order chi connectivity index (χ0) is 21.9. The summed E-state index contributed by atoms with van der Waals surface area (Å²) in [5.41, 5.74) is -0.242. The lowest BCUT2D eigenvalue weighted by molar-refractivity contribution is -0.137. The summed E-state index contributed by atoms with van der Waals surface area (Å²) in [7, 11) is 0. The number of halogens is 4. The van der Waals surface area contributed by atoms with E-state index < -0.39 is 17.6 Å². The molecule has 3 rings (SSSR count). The predicted octanol–water partition coefficient (Wildman–Crippen LogP) is 5.09. The topological polar surface area (TPSA) is 82.2 Å². The predicted molar refractivity (Wildman–Crippen MR) is 111 cm³/mol. The molecule has 0 radical (unpaired) electrons. The Labute approximate surface area is 175 Å². The summed E-state index contributed by atoms with van der Waals surface area (Å²) in [5.74, 6) is 0.149. The number of aromatic nitrogens is 2. The van der Waals surface area contributed by atoms with Crippen molar-refractivity contribution in [3.05, 3.63) is 58.6 Å². The number of hydrogen-bond donors (Lipinski definition) is 3. The standard InChI is InChI=1S/C20H19ClF3N5O/c1-11(2)10-25-19(27-18(30)12-4-3-5-14(21)8-12)26-17-15-7-6-13(20(22,23)24)9-16(15)28-29-17/h3-9,11H,10H2,1-2H3,(H3,25,26,27,28,29,30). The van der Waals surface area contributed by atoms with Crippen molar-refractivity contribution in [2.75, 3.05) is 11.9 Å². The van der Waals surface area contributed by atoms with E-state index in [0.29, 0.717) is 22.5 Å². The lowest BCUT2D eigenvalue weighted by Crippen LogP contribution is -2.36. The van der Waals surface area contributed by atoms with Crippen LogP contribution in [0.15, 0.2) is 47.5 Å². The quantitative estimate of drug-likeness (QED) is 0.393. The third kappa shape index (κ3) is 5.29. The lowest BCUT2D eigenvalue weighted by Gasteiger charge is -2.12. The molecular formula is C20H19ClF3N5O. The normalized spacial score (nSPS) is 12.4. The van der Waals surface area contributed by atoms with Crippen LogP contribution in [0.4, 0.5) is 19.0 Å². The van der Waals surface area contributed by atoms with Crippen molar-refractivity contribution < 1.29 is 18.0 Å². The first-order chi connectivity index (χ1) is 14.1. The molecule has 0 bridgehead atoms. The molecule has 1 amide bonds. The minimum atomic E-state index is -4.46. The summed E-state index contributed by atoms with van der Waals surface area (Å²) in [5, 5.41) is 13.0. The van der Waals surface area contributed by atoms with Gasteiger partial charge in [-0.15, -0.1) is 0 Å². The zero-order valence-electron chi connectivity index (χ0n) is 16.1. The number of alkyl halides is 3. The van der Waals surface area contributed by atoms with Crippen LogP contribution in [0.2, 0.25) is 5.02 Å². The fraction of sp³-hybridized carbons (Fsp3) is 0.250. The van der Waals surface area contributed by atoms with E-state index in [1.54, 1.807) is 18.2 Å². The van der Waals surface area contributed by atoms with Gasteiger partial charge < -0.3 is 5.32 Å². The Morgan fingerprint density at radius 1 is 1.23 bits per heavy atom.